The molecule has 0 saturated heterocycles. The second kappa shape index (κ2) is 8.55. The van der Waals surface area contributed by atoms with Crippen molar-refractivity contribution in [2.45, 2.75) is 26.0 Å². The highest BCUT2D eigenvalue weighted by atomic mass is 16.5. The van der Waals surface area contributed by atoms with E-state index in [2.05, 4.69) is 10.3 Å². The van der Waals surface area contributed by atoms with E-state index in [1.807, 2.05) is 30.3 Å². The number of rotatable bonds is 6. The van der Waals surface area contributed by atoms with Crippen LogP contribution in [0.5, 0.6) is 11.6 Å². The number of benzene rings is 2. The first-order valence-corrected chi connectivity index (χ1v) is 9.10. The molecular weight excluding hydrogens is 366 g/mol. The summed E-state index contributed by atoms with van der Waals surface area (Å²) in [6.45, 7) is 3.77. The predicted octanol–water partition coefficient (Wildman–Crippen LogP) is 3.90. The average molecular weight is 387 g/mol. The second-order valence-corrected chi connectivity index (χ2v) is 7.04. The molecule has 0 spiro atoms. The number of carbonyl (C=O) groups is 1. The van der Waals surface area contributed by atoms with Crippen molar-refractivity contribution in [3.8, 4) is 17.7 Å². The van der Waals surface area contributed by atoms with Gasteiger partial charge in [-0.2, -0.15) is 5.26 Å². The summed E-state index contributed by atoms with van der Waals surface area (Å²) in [5.41, 5.74) is 1.54. The molecular formula is C23H21N3O3. The number of aromatic nitrogens is 1. The highest BCUT2D eigenvalue weighted by molar-refractivity contribution is 5.96. The maximum Gasteiger partial charge on any atom is 0.257 e. The van der Waals surface area contributed by atoms with Crippen molar-refractivity contribution in [2.24, 2.45) is 0 Å². The maximum atomic E-state index is 12.7. The van der Waals surface area contributed by atoms with Crippen LogP contribution in [0.4, 0.5) is 0 Å². The number of pyridine rings is 1. The Hall–Kier alpha value is -3.69. The smallest absolute Gasteiger partial charge is 0.257 e. The van der Waals surface area contributed by atoms with Gasteiger partial charge < -0.3 is 15.2 Å². The van der Waals surface area contributed by atoms with Gasteiger partial charge in [-0.1, -0.05) is 30.3 Å². The van der Waals surface area contributed by atoms with Crippen LogP contribution in [0.3, 0.4) is 0 Å². The molecule has 1 aromatic heterocycles. The van der Waals surface area contributed by atoms with Crippen LogP contribution in [0, 0.1) is 11.3 Å². The van der Waals surface area contributed by atoms with Crippen LogP contribution in [0.2, 0.25) is 0 Å². The number of aliphatic hydroxyl groups is 1. The molecule has 0 saturated carbocycles. The number of amides is 1. The van der Waals surface area contributed by atoms with Gasteiger partial charge in [-0.25, -0.2) is 4.98 Å². The van der Waals surface area contributed by atoms with E-state index in [0.29, 0.717) is 23.4 Å². The Morgan fingerprint density at radius 3 is 2.62 bits per heavy atom. The lowest BCUT2D eigenvalue weighted by Crippen LogP contribution is -2.23. The molecule has 146 valence electrons. The monoisotopic (exact) mass is 387 g/mol. The summed E-state index contributed by atoms with van der Waals surface area (Å²) >= 11 is 0. The van der Waals surface area contributed by atoms with Crippen molar-refractivity contribution < 1.29 is 14.6 Å². The summed E-state index contributed by atoms with van der Waals surface area (Å²) in [6.07, 6.45) is 1.54. The maximum absolute atomic E-state index is 12.7. The SMILES string of the molecule is CC(C)(O)c1ccc(CNC(=O)c2cccnc2Oc2cccc(C#N)c2)cc1. The summed E-state index contributed by atoms with van der Waals surface area (Å²) < 4.78 is 5.73. The van der Waals surface area contributed by atoms with Crippen molar-refractivity contribution in [3.05, 3.63) is 89.1 Å². The predicted molar refractivity (Wildman–Crippen MR) is 108 cm³/mol. The molecule has 0 atom stereocenters. The van der Waals surface area contributed by atoms with Crippen LogP contribution in [-0.4, -0.2) is 16.0 Å². The minimum Gasteiger partial charge on any atom is -0.438 e. The van der Waals surface area contributed by atoms with Gasteiger partial charge in [0.15, 0.2) is 0 Å². The number of nitrogens with one attached hydrogen (secondary N) is 1. The number of nitriles is 1. The Morgan fingerprint density at radius 2 is 1.93 bits per heavy atom. The molecule has 0 fully saturated rings. The molecule has 0 aliphatic carbocycles. The Morgan fingerprint density at radius 1 is 1.17 bits per heavy atom. The summed E-state index contributed by atoms with van der Waals surface area (Å²) in [4.78, 5) is 16.8. The lowest BCUT2D eigenvalue weighted by molar-refractivity contribution is 0.0785. The van der Waals surface area contributed by atoms with Gasteiger partial charge in [-0.05, 0) is 55.3 Å². The zero-order valence-corrected chi connectivity index (χ0v) is 16.2. The second-order valence-electron chi connectivity index (χ2n) is 7.04. The van der Waals surface area contributed by atoms with Crippen LogP contribution in [0.25, 0.3) is 0 Å². The molecule has 6 heteroatoms. The average Bonchev–Trinajstić information content (AvgIpc) is 2.72. The Labute approximate surface area is 169 Å². The molecule has 3 rings (SSSR count). The van der Waals surface area contributed by atoms with Gasteiger partial charge in [-0.15, -0.1) is 0 Å². The fraction of sp³-hybridized carbons (Fsp3) is 0.174. The first kappa shape index (κ1) is 20.1. The highest BCUT2D eigenvalue weighted by Gasteiger charge is 2.16. The third-order valence-corrected chi connectivity index (χ3v) is 4.31. The molecule has 29 heavy (non-hydrogen) atoms. The largest absolute Gasteiger partial charge is 0.438 e. The number of hydrogen-bond acceptors (Lipinski definition) is 5. The van der Waals surface area contributed by atoms with Crippen LogP contribution in [0.1, 0.15) is 40.9 Å². The molecule has 0 radical (unpaired) electrons. The third-order valence-electron chi connectivity index (χ3n) is 4.31. The van der Waals surface area contributed by atoms with Gasteiger partial charge in [0.1, 0.15) is 11.3 Å². The molecule has 0 aliphatic rings. The summed E-state index contributed by atoms with van der Waals surface area (Å²) in [7, 11) is 0. The minimum absolute atomic E-state index is 0.164. The van der Waals surface area contributed by atoms with Gasteiger partial charge >= 0.3 is 0 Å². The third kappa shape index (κ3) is 5.18. The number of carbonyl (C=O) groups excluding carboxylic acids is 1. The van der Waals surface area contributed by atoms with E-state index >= 15 is 0 Å². The van der Waals surface area contributed by atoms with Gasteiger partial charge in [0.2, 0.25) is 5.88 Å². The fourth-order valence-electron chi connectivity index (χ4n) is 2.69. The standard InChI is InChI=1S/C23H21N3O3/c1-23(2,28)18-10-8-16(9-11-18)15-26-21(27)20-7-4-12-25-22(20)29-19-6-3-5-17(13-19)14-24/h3-13,28H,15H2,1-2H3,(H,26,27). The van der Waals surface area contributed by atoms with Crippen molar-refractivity contribution in [1.29, 1.82) is 5.26 Å². The van der Waals surface area contributed by atoms with Crippen molar-refractivity contribution in [1.82, 2.24) is 10.3 Å². The zero-order chi connectivity index (χ0) is 20.9. The molecule has 0 bridgehead atoms. The van der Waals surface area contributed by atoms with E-state index < -0.39 is 5.60 Å². The molecule has 2 aromatic carbocycles. The van der Waals surface area contributed by atoms with E-state index in [4.69, 9.17) is 10.00 Å². The van der Waals surface area contributed by atoms with Crippen molar-refractivity contribution >= 4 is 5.91 Å². The quantitative estimate of drug-likeness (QED) is 0.669. The van der Waals surface area contributed by atoms with Crippen molar-refractivity contribution in [3.63, 3.8) is 0 Å². The van der Waals surface area contributed by atoms with Crippen LogP contribution in [-0.2, 0) is 12.1 Å². The lowest BCUT2D eigenvalue weighted by atomic mass is 9.97. The molecule has 6 nitrogen and oxygen atoms in total. The fourth-order valence-corrected chi connectivity index (χ4v) is 2.69. The van der Waals surface area contributed by atoms with E-state index in [9.17, 15) is 9.90 Å². The molecule has 1 heterocycles. The molecule has 1 amide bonds. The van der Waals surface area contributed by atoms with Gasteiger partial charge in [0.25, 0.3) is 5.91 Å². The zero-order valence-electron chi connectivity index (χ0n) is 16.2. The number of ether oxygens (including phenoxy) is 1. The van der Waals surface area contributed by atoms with Gasteiger partial charge in [0, 0.05) is 12.7 Å². The first-order valence-electron chi connectivity index (χ1n) is 9.10. The molecule has 0 unspecified atom stereocenters. The highest BCUT2D eigenvalue weighted by Crippen LogP contribution is 2.24. The Bertz CT molecular complexity index is 1050. The summed E-state index contributed by atoms with van der Waals surface area (Å²) in [5.74, 6) is 0.271. The van der Waals surface area contributed by atoms with E-state index in [-0.39, 0.29) is 11.8 Å². The first-order chi connectivity index (χ1) is 13.9. The summed E-state index contributed by atoms with van der Waals surface area (Å²) in [6, 6.07) is 19.4. The van der Waals surface area contributed by atoms with Crippen LogP contribution < -0.4 is 10.1 Å². The topological polar surface area (TPSA) is 95.2 Å². The van der Waals surface area contributed by atoms with Crippen molar-refractivity contribution in [2.75, 3.05) is 0 Å². The lowest BCUT2D eigenvalue weighted by Gasteiger charge is -2.18. The normalized spacial score (nSPS) is 10.8. The number of nitrogens with zero attached hydrogens (tertiary/aromatic N) is 2. The molecule has 0 aliphatic heterocycles. The van der Waals surface area contributed by atoms with Gasteiger partial charge in [0.05, 0.1) is 17.2 Å². The molecule has 2 N–H and O–H groups in total. The summed E-state index contributed by atoms with van der Waals surface area (Å²) in [5, 5.41) is 21.9. The van der Waals surface area contributed by atoms with E-state index in [1.54, 1.807) is 50.2 Å². The Balaban J connectivity index is 1.70. The molecule has 3 aromatic rings. The van der Waals surface area contributed by atoms with E-state index in [1.165, 1.54) is 6.20 Å². The van der Waals surface area contributed by atoms with Crippen LogP contribution >= 0.6 is 0 Å². The number of hydrogen-bond donors (Lipinski definition) is 2. The Kier molecular flexibility index (Phi) is 5.91. The van der Waals surface area contributed by atoms with Gasteiger partial charge in [-0.3, -0.25) is 4.79 Å². The van der Waals surface area contributed by atoms with Crippen LogP contribution in [0.15, 0.2) is 66.9 Å². The minimum atomic E-state index is -0.910. The van der Waals surface area contributed by atoms with E-state index in [0.717, 1.165) is 11.1 Å².